The van der Waals surface area contributed by atoms with E-state index in [0.29, 0.717) is 5.17 Å². The van der Waals surface area contributed by atoms with Crippen LogP contribution in [0, 0.1) is 0 Å². The van der Waals surface area contributed by atoms with Gasteiger partial charge in [-0.15, -0.1) is 17.0 Å². The summed E-state index contributed by atoms with van der Waals surface area (Å²) < 4.78 is 5.82. The third-order valence-corrected chi connectivity index (χ3v) is 4.34. The zero-order valence-electron chi connectivity index (χ0n) is 11.7. The van der Waals surface area contributed by atoms with E-state index in [2.05, 4.69) is 17.1 Å². The molecule has 0 saturated carbocycles. The van der Waals surface area contributed by atoms with Crippen LogP contribution in [0.2, 0.25) is 0 Å². The molecule has 0 saturated heterocycles. The number of benzene rings is 1. The molecule has 0 atom stereocenters. The Kier molecular flexibility index (Phi) is 5.94. The number of hydrogen-bond donors (Lipinski definition) is 1. The van der Waals surface area contributed by atoms with Crippen LogP contribution < -0.4 is 5.73 Å². The Hall–Kier alpha value is -1.20. The van der Waals surface area contributed by atoms with Crippen LogP contribution in [0.1, 0.15) is 25.0 Å². The summed E-state index contributed by atoms with van der Waals surface area (Å²) in [6.45, 7) is 0. The van der Waals surface area contributed by atoms with Gasteiger partial charge in [-0.2, -0.15) is 0 Å². The highest BCUT2D eigenvalue weighted by Gasteiger charge is 2.06. The molecular formula is C16H19BrN2OS. The highest BCUT2D eigenvalue weighted by atomic mass is 79.9. The van der Waals surface area contributed by atoms with E-state index in [1.54, 1.807) is 11.8 Å². The first-order chi connectivity index (χ1) is 9.81. The standard InChI is InChI=1S/C16H18N2OS.BrH/c17-16-18-10-12(11-20-16)5-1-3-7-14-9-13-6-2-4-8-15(13)19-14;/h2,4,6,8-10H,1,3,5,7,11H2,(H2,17,18);1H. The molecule has 3 rings (SSSR count). The number of hydrogen-bond acceptors (Lipinski definition) is 4. The zero-order valence-corrected chi connectivity index (χ0v) is 14.3. The Balaban J connectivity index is 0.00000161. The lowest BCUT2D eigenvalue weighted by molar-refractivity contribution is 0.532. The monoisotopic (exact) mass is 366 g/mol. The predicted molar refractivity (Wildman–Crippen MR) is 96.3 cm³/mol. The number of nitrogens with zero attached hydrogens (tertiary/aromatic N) is 1. The zero-order chi connectivity index (χ0) is 13.8. The molecule has 0 radical (unpaired) electrons. The third kappa shape index (κ3) is 4.38. The molecule has 21 heavy (non-hydrogen) atoms. The fourth-order valence-electron chi connectivity index (χ4n) is 2.34. The number of furan rings is 1. The van der Waals surface area contributed by atoms with E-state index in [1.165, 1.54) is 17.4 Å². The Labute approximate surface area is 139 Å². The van der Waals surface area contributed by atoms with Crippen molar-refractivity contribution in [1.29, 1.82) is 0 Å². The van der Waals surface area contributed by atoms with E-state index in [0.717, 1.165) is 36.4 Å². The third-order valence-electron chi connectivity index (χ3n) is 3.43. The van der Waals surface area contributed by atoms with Gasteiger partial charge in [0.05, 0.1) is 0 Å². The number of nitrogens with two attached hydrogens (primary N) is 1. The van der Waals surface area contributed by atoms with Gasteiger partial charge in [-0.3, -0.25) is 0 Å². The quantitative estimate of drug-likeness (QED) is 0.782. The fraction of sp³-hybridized carbons (Fsp3) is 0.312. The van der Waals surface area contributed by atoms with Crippen LogP contribution >= 0.6 is 28.7 Å². The van der Waals surface area contributed by atoms with Gasteiger partial charge >= 0.3 is 0 Å². The summed E-state index contributed by atoms with van der Waals surface area (Å²) >= 11 is 1.62. The van der Waals surface area contributed by atoms with Gasteiger partial charge in [0, 0.05) is 23.8 Å². The second-order valence-corrected chi connectivity index (χ2v) is 6.00. The van der Waals surface area contributed by atoms with E-state index in [4.69, 9.17) is 10.2 Å². The van der Waals surface area contributed by atoms with Crippen molar-refractivity contribution in [1.82, 2.24) is 0 Å². The molecule has 0 unspecified atom stereocenters. The molecule has 5 heteroatoms. The summed E-state index contributed by atoms with van der Waals surface area (Å²) in [6.07, 6.45) is 6.33. The van der Waals surface area contributed by atoms with Crippen molar-refractivity contribution in [2.24, 2.45) is 10.7 Å². The van der Waals surface area contributed by atoms with Crippen LogP contribution in [0.15, 0.2) is 51.5 Å². The molecule has 1 aliphatic rings. The molecule has 1 aliphatic heterocycles. The maximum Gasteiger partial charge on any atom is 0.158 e. The minimum atomic E-state index is 0. The SMILES string of the molecule is Br.NC1=NC=C(CCCCc2cc3ccccc3o2)CS1. The Morgan fingerprint density at radius 2 is 2.00 bits per heavy atom. The number of aliphatic imine (C=N–C) groups is 1. The van der Waals surface area contributed by atoms with E-state index < -0.39 is 0 Å². The summed E-state index contributed by atoms with van der Waals surface area (Å²) in [4.78, 5) is 4.15. The van der Waals surface area contributed by atoms with Crippen molar-refractivity contribution < 1.29 is 4.42 Å². The molecule has 112 valence electrons. The minimum Gasteiger partial charge on any atom is -0.461 e. The van der Waals surface area contributed by atoms with Gasteiger partial charge in [-0.1, -0.05) is 30.0 Å². The van der Waals surface area contributed by atoms with Gasteiger partial charge in [0.1, 0.15) is 11.3 Å². The minimum absolute atomic E-state index is 0. The molecule has 0 amide bonds. The highest BCUT2D eigenvalue weighted by Crippen LogP contribution is 2.22. The molecular weight excluding hydrogens is 348 g/mol. The van der Waals surface area contributed by atoms with Crippen LogP contribution in [0.25, 0.3) is 11.0 Å². The molecule has 2 N–H and O–H groups in total. The van der Waals surface area contributed by atoms with Crippen molar-refractivity contribution in [3.63, 3.8) is 0 Å². The number of amidine groups is 1. The number of thioether (sulfide) groups is 1. The number of halogens is 1. The average molecular weight is 367 g/mol. The van der Waals surface area contributed by atoms with Crippen molar-refractivity contribution in [3.05, 3.63) is 47.9 Å². The lowest BCUT2D eigenvalue weighted by Gasteiger charge is -2.09. The number of unbranched alkanes of at least 4 members (excludes halogenated alkanes) is 1. The maximum atomic E-state index is 5.82. The summed E-state index contributed by atoms with van der Waals surface area (Å²) in [5, 5.41) is 1.87. The van der Waals surface area contributed by atoms with Gasteiger partial charge in [-0.05, 0) is 37.0 Å². The smallest absolute Gasteiger partial charge is 0.158 e. The van der Waals surface area contributed by atoms with Gasteiger partial charge < -0.3 is 10.2 Å². The highest BCUT2D eigenvalue weighted by molar-refractivity contribution is 8.93. The molecule has 0 spiro atoms. The molecule has 0 aliphatic carbocycles. The van der Waals surface area contributed by atoms with Crippen LogP contribution in [0.3, 0.4) is 0 Å². The normalized spacial score (nSPS) is 14.5. The predicted octanol–water partition coefficient (Wildman–Crippen LogP) is 4.67. The van der Waals surface area contributed by atoms with Crippen molar-refractivity contribution >= 4 is 44.9 Å². The van der Waals surface area contributed by atoms with Crippen LogP contribution in [-0.4, -0.2) is 10.9 Å². The summed E-state index contributed by atoms with van der Waals surface area (Å²) in [6, 6.07) is 10.3. The van der Waals surface area contributed by atoms with Gasteiger partial charge in [-0.25, -0.2) is 4.99 Å². The van der Waals surface area contributed by atoms with Crippen molar-refractivity contribution in [2.45, 2.75) is 25.7 Å². The molecule has 1 aromatic heterocycles. The maximum absolute atomic E-state index is 5.82. The first kappa shape index (κ1) is 16.2. The molecule has 2 aromatic rings. The van der Waals surface area contributed by atoms with E-state index in [-0.39, 0.29) is 17.0 Å². The molecule has 3 nitrogen and oxygen atoms in total. The summed E-state index contributed by atoms with van der Waals surface area (Å²) in [7, 11) is 0. The van der Waals surface area contributed by atoms with E-state index >= 15 is 0 Å². The summed E-state index contributed by atoms with van der Waals surface area (Å²) in [5.41, 5.74) is 7.99. The van der Waals surface area contributed by atoms with Crippen LogP contribution in [0.4, 0.5) is 0 Å². The molecule has 2 heterocycles. The van der Waals surface area contributed by atoms with E-state index in [9.17, 15) is 0 Å². The Bertz CT molecular complexity index is 630. The number of rotatable bonds is 5. The van der Waals surface area contributed by atoms with Gasteiger partial charge in [0.25, 0.3) is 0 Å². The topological polar surface area (TPSA) is 51.5 Å². The number of fused-ring (bicyclic) bond motifs is 1. The van der Waals surface area contributed by atoms with Crippen LogP contribution in [0.5, 0.6) is 0 Å². The molecule has 1 aromatic carbocycles. The lowest BCUT2D eigenvalue weighted by Crippen LogP contribution is -2.10. The van der Waals surface area contributed by atoms with Crippen molar-refractivity contribution in [2.75, 3.05) is 5.75 Å². The van der Waals surface area contributed by atoms with Gasteiger partial charge in [0.2, 0.25) is 0 Å². The first-order valence-corrected chi connectivity index (χ1v) is 7.91. The van der Waals surface area contributed by atoms with Crippen molar-refractivity contribution in [3.8, 4) is 0 Å². The first-order valence-electron chi connectivity index (χ1n) is 6.93. The lowest BCUT2D eigenvalue weighted by atomic mass is 10.1. The van der Waals surface area contributed by atoms with E-state index in [1.807, 2.05) is 24.4 Å². The summed E-state index contributed by atoms with van der Waals surface area (Å²) in [5.74, 6) is 2.07. The average Bonchev–Trinajstić information content (AvgIpc) is 2.88. The second kappa shape index (κ2) is 7.71. The second-order valence-electron chi connectivity index (χ2n) is 5.00. The Morgan fingerprint density at radius 3 is 2.76 bits per heavy atom. The molecule has 0 bridgehead atoms. The largest absolute Gasteiger partial charge is 0.461 e. The van der Waals surface area contributed by atoms with Crippen LogP contribution in [-0.2, 0) is 6.42 Å². The molecule has 0 fully saturated rings. The number of para-hydroxylation sites is 1. The number of aryl methyl sites for hydroxylation is 1. The Morgan fingerprint density at radius 1 is 1.19 bits per heavy atom. The van der Waals surface area contributed by atoms with Gasteiger partial charge in [0.15, 0.2) is 5.17 Å². The fourth-order valence-corrected chi connectivity index (χ4v) is 3.02.